The van der Waals surface area contributed by atoms with Crippen LogP contribution < -0.4 is 14.6 Å². The molecule has 0 atom stereocenters. The van der Waals surface area contributed by atoms with Gasteiger partial charge < -0.3 is 13.9 Å². The van der Waals surface area contributed by atoms with Gasteiger partial charge in [-0.2, -0.15) is 0 Å². The Bertz CT molecular complexity index is 1310. The molecule has 0 radical (unpaired) electrons. The lowest BCUT2D eigenvalue weighted by Crippen LogP contribution is -2.11. The zero-order chi connectivity index (χ0) is 22.7. The summed E-state index contributed by atoms with van der Waals surface area (Å²) in [4.78, 5) is 4.75. The average Bonchev–Trinajstić information content (AvgIpc) is 3.22. The number of rotatable bonds is 7. The van der Waals surface area contributed by atoms with Crippen molar-refractivity contribution in [1.82, 2.24) is 4.98 Å². The first kappa shape index (κ1) is 21.6. The van der Waals surface area contributed by atoms with Gasteiger partial charge in [0.25, 0.3) is 0 Å². The van der Waals surface area contributed by atoms with E-state index in [9.17, 15) is 8.42 Å². The molecule has 0 aliphatic rings. The van der Waals surface area contributed by atoms with Crippen molar-refractivity contribution in [3.63, 3.8) is 0 Å². The normalized spacial score (nSPS) is 11.3. The fraction of sp³-hybridized carbons (Fsp3) is 0.125. The second-order valence-electron chi connectivity index (χ2n) is 7.12. The number of oxazole rings is 1. The van der Waals surface area contributed by atoms with E-state index >= 15 is 0 Å². The molecule has 8 heteroatoms. The van der Waals surface area contributed by atoms with E-state index in [4.69, 9.17) is 24.0 Å². The van der Waals surface area contributed by atoms with E-state index in [0.717, 1.165) is 11.1 Å². The van der Waals surface area contributed by atoms with Gasteiger partial charge in [0.05, 0.1) is 19.1 Å². The fourth-order valence-electron chi connectivity index (χ4n) is 3.34. The van der Waals surface area contributed by atoms with Crippen LogP contribution in [0.5, 0.6) is 11.5 Å². The van der Waals surface area contributed by atoms with E-state index in [2.05, 4.69) is 0 Å². The molecule has 0 fully saturated rings. The van der Waals surface area contributed by atoms with E-state index in [-0.39, 0.29) is 4.90 Å². The van der Waals surface area contributed by atoms with Gasteiger partial charge in [0.2, 0.25) is 10.0 Å². The van der Waals surface area contributed by atoms with Crippen molar-refractivity contribution in [2.24, 2.45) is 5.14 Å². The standard InChI is InChI=1S/C24H22N2O5S/c1-29-19-13-18(14-20(15-19)30-2)24-23(17-8-10-21(11-9-17)32(25,27)28)26-22(31-24)12-16-6-4-3-5-7-16/h3-11,13-15H,12H2,1-2H3,(H2,25,27,28). The summed E-state index contributed by atoms with van der Waals surface area (Å²) in [7, 11) is -0.642. The number of primary sulfonamides is 1. The third kappa shape index (κ3) is 4.66. The summed E-state index contributed by atoms with van der Waals surface area (Å²) in [5, 5.41) is 5.23. The second kappa shape index (κ2) is 8.86. The van der Waals surface area contributed by atoms with Crippen molar-refractivity contribution in [3.8, 4) is 34.1 Å². The molecule has 4 rings (SSSR count). The smallest absolute Gasteiger partial charge is 0.238 e. The number of hydrogen-bond donors (Lipinski definition) is 1. The highest BCUT2D eigenvalue weighted by atomic mass is 32.2. The monoisotopic (exact) mass is 450 g/mol. The molecule has 7 nitrogen and oxygen atoms in total. The van der Waals surface area contributed by atoms with E-state index in [1.165, 1.54) is 12.1 Å². The summed E-state index contributed by atoms with van der Waals surface area (Å²) in [6, 6.07) is 21.5. The van der Waals surface area contributed by atoms with Gasteiger partial charge in [-0.3, -0.25) is 0 Å². The zero-order valence-electron chi connectivity index (χ0n) is 17.6. The number of sulfonamides is 1. The van der Waals surface area contributed by atoms with Crippen molar-refractivity contribution < 1.29 is 22.3 Å². The van der Waals surface area contributed by atoms with Gasteiger partial charge in [-0.05, 0) is 29.8 Å². The Kier molecular flexibility index (Phi) is 5.98. The van der Waals surface area contributed by atoms with Crippen LogP contribution in [0.2, 0.25) is 0 Å². The zero-order valence-corrected chi connectivity index (χ0v) is 18.4. The van der Waals surface area contributed by atoms with Gasteiger partial charge in [-0.25, -0.2) is 18.5 Å². The highest BCUT2D eigenvalue weighted by molar-refractivity contribution is 7.89. The minimum atomic E-state index is -3.79. The molecule has 0 amide bonds. The van der Waals surface area contributed by atoms with Crippen LogP contribution in [-0.4, -0.2) is 27.6 Å². The van der Waals surface area contributed by atoms with Crippen LogP contribution in [0.25, 0.3) is 22.6 Å². The van der Waals surface area contributed by atoms with Crippen molar-refractivity contribution in [2.45, 2.75) is 11.3 Å². The number of hydrogen-bond acceptors (Lipinski definition) is 6. The molecule has 2 N–H and O–H groups in total. The average molecular weight is 451 g/mol. The van der Waals surface area contributed by atoms with Gasteiger partial charge >= 0.3 is 0 Å². The van der Waals surface area contributed by atoms with Crippen molar-refractivity contribution in [2.75, 3.05) is 14.2 Å². The quantitative estimate of drug-likeness (QED) is 0.451. The minimum Gasteiger partial charge on any atom is -0.497 e. The van der Waals surface area contributed by atoms with Crippen LogP contribution in [0.1, 0.15) is 11.5 Å². The summed E-state index contributed by atoms with van der Waals surface area (Å²) >= 11 is 0. The van der Waals surface area contributed by atoms with Crippen molar-refractivity contribution >= 4 is 10.0 Å². The van der Waals surface area contributed by atoms with Crippen LogP contribution in [0.15, 0.2) is 82.1 Å². The van der Waals surface area contributed by atoms with Crippen LogP contribution in [0, 0.1) is 0 Å². The second-order valence-corrected chi connectivity index (χ2v) is 8.68. The number of ether oxygens (including phenoxy) is 2. The van der Waals surface area contributed by atoms with E-state index in [1.54, 1.807) is 32.4 Å². The summed E-state index contributed by atoms with van der Waals surface area (Å²) in [5.41, 5.74) is 3.04. The molecule has 0 saturated carbocycles. The summed E-state index contributed by atoms with van der Waals surface area (Å²) in [6.07, 6.45) is 0.504. The van der Waals surface area contributed by atoms with E-state index in [1.807, 2.05) is 42.5 Å². The summed E-state index contributed by atoms with van der Waals surface area (Å²) < 4.78 is 40.3. The Hall–Kier alpha value is -3.62. The predicted molar refractivity (Wildman–Crippen MR) is 121 cm³/mol. The highest BCUT2D eigenvalue weighted by Crippen LogP contribution is 2.37. The Balaban J connectivity index is 1.84. The molecule has 0 bridgehead atoms. The Morgan fingerprint density at radius 2 is 1.50 bits per heavy atom. The lowest BCUT2D eigenvalue weighted by Gasteiger charge is -2.08. The Labute approximate surface area is 186 Å². The molecule has 164 valence electrons. The molecular weight excluding hydrogens is 428 g/mol. The molecular formula is C24H22N2O5S. The topological polar surface area (TPSA) is 105 Å². The third-order valence-corrected chi connectivity index (χ3v) is 5.87. The van der Waals surface area contributed by atoms with Gasteiger partial charge in [-0.1, -0.05) is 42.5 Å². The maximum Gasteiger partial charge on any atom is 0.238 e. The molecule has 1 aromatic heterocycles. The minimum absolute atomic E-state index is 0.0267. The SMILES string of the molecule is COc1cc(OC)cc(-c2oc(Cc3ccccc3)nc2-c2ccc(S(N)(=O)=O)cc2)c1. The van der Waals surface area contributed by atoms with Gasteiger partial charge in [0.1, 0.15) is 17.2 Å². The molecule has 32 heavy (non-hydrogen) atoms. The van der Waals surface area contributed by atoms with Crippen LogP contribution in [0.3, 0.4) is 0 Å². The molecule has 0 spiro atoms. The molecule has 3 aromatic carbocycles. The molecule has 0 aliphatic carbocycles. The fourth-order valence-corrected chi connectivity index (χ4v) is 3.86. The van der Waals surface area contributed by atoms with Crippen molar-refractivity contribution in [3.05, 3.63) is 84.3 Å². The number of nitrogens with two attached hydrogens (primary N) is 1. The predicted octanol–water partition coefficient (Wildman–Crippen LogP) is 4.26. The van der Waals surface area contributed by atoms with Crippen LogP contribution in [0.4, 0.5) is 0 Å². The molecule has 1 heterocycles. The highest BCUT2D eigenvalue weighted by Gasteiger charge is 2.20. The Morgan fingerprint density at radius 3 is 2.06 bits per heavy atom. The lowest BCUT2D eigenvalue weighted by atomic mass is 10.1. The molecule has 0 aliphatic heterocycles. The number of aromatic nitrogens is 1. The number of methoxy groups -OCH3 is 2. The number of nitrogens with zero attached hydrogens (tertiary/aromatic N) is 1. The summed E-state index contributed by atoms with van der Waals surface area (Å²) in [5.74, 6) is 2.27. The van der Waals surface area contributed by atoms with Crippen LogP contribution >= 0.6 is 0 Å². The largest absolute Gasteiger partial charge is 0.497 e. The maximum atomic E-state index is 11.6. The van der Waals surface area contributed by atoms with E-state index < -0.39 is 10.0 Å². The first-order valence-electron chi connectivity index (χ1n) is 9.77. The van der Waals surface area contributed by atoms with Gasteiger partial charge in [0, 0.05) is 23.6 Å². The third-order valence-electron chi connectivity index (χ3n) is 4.94. The molecule has 0 unspecified atom stereocenters. The van der Waals surface area contributed by atoms with Gasteiger partial charge in [-0.15, -0.1) is 0 Å². The Morgan fingerprint density at radius 1 is 0.875 bits per heavy atom. The first-order valence-corrected chi connectivity index (χ1v) is 11.3. The van der Waals surface area contributed by atoms with E-state index in [0.29, 0.717) is 40.8 Å². The summed E-state index contributed by atoms with van der Waals surface area (Å²) in [6.45, 7) is 0. The lowest BCUT2D eigenvalue weighted by molar-refractivity contribution is 0.394. The molecule has 4 aromatic rings. The molecule has 0 saturated heterocycles. The van der Waals surface area contributed by atoms with Crippen LogP contribution in [-0.2, 0) is 16.4 Å². The maximum absolute atomic E-state index is 11.6. The first-order chi connectivity index (χ1) is 15.4. The van der Waals surface area contributed by atoms with Crippen molar-refractivity contribution in [1.29, 1.82) is 0 Å². The number of benzene rings is 3. The van der Waals surface area contributed by atoms with Gasteiger partial charge in [0.15, 0.2) is 11.7 Å².